The molecular weight excluding hydrogens is 206 g/mol. The summed E-state index contributed by atoms with van der Waals surface area (Å²) in [5.74, 6) is -0.979. The summed E-state index contributed by atoms with van der Waals surface area (Å²) in [4.78, 5) is 13.6. The minimum absolute atomic E-state index is 0.0848. The molecule has 94 valence electrons. The molecule has 0 saturated carbocycles. The van der Waals surface area contributed by atoms with E-state index in [9.17, 15) is 15.0 Å². The van der Waals surface area contributed by atoms with Crippen LogP contribution in [0.5, 0.6) is 0 Å². The summed E-state index contributed by atoms with van der Waals surface area (Å²) in [5, 5.41) is 20.1. The molecule has 0 amide bonds. The van der Waals surface area contributed by atoms with Gasteiger partial charge in [-0.3, -0.25) is 4.79 Å². The molecule has 4 heteroatoms. The molecule has 2 N–H and O–H groups in total. The molecule has 1 heterocycles. The molecule has 4 nitrogen and oxygen atoms in total. The molecule has 16 heavy (non-hydrogen) atoms. The highest BCUT2D eigenvalue weighted by Gasteiger charge is 2.54. The van der Waals surface area contributed by atoms with Gasteiger partial charge in [-0.25, -0.2) is 0 Å². The standard InChI is InChI=1S/C12H23NO3/c1-9(2)11(3,10(14)15)12(16)5-7-13(4)8-6-12/h9,16H,5-8H2,1-4H3,(H,14,15). The normalized spacial score (nSPS) is 25.4. The largest absolute Gasteiger partial charge is 0.481 e. The van der Waals surface area contributed by atoms with Crippen molar-refractivity contribution < 1.29 is 15.0 Å². The van der Waals surface area contributed by atoms with Crippen molar-refractivity contribution in [2.75, 3.05) is 20.1 Å². The number of carbonyl (C=O) groups is 1. The summed E-state index contributed by atoms with van der Waals surface area (Å²) in [6.07, 6.45) is 1.06. The fourth-order valence-corrected chi connectivity index (χ4v) is 2.49. The van der Waals surface area contributed by atoms with E-state index in [1.54, 1.807) is 6.92 Å². The van der Waals surface area contributed by atoms with Crippen molar-refractivity contribution in [3.63, 3.8) is 0 Å². The summed E-state index contributed by atoms with van der Waals surface area (Å²) < 4.78 is 0. The maximum Gasteiger partial charge on any atom is 0.312 e. The van der Waals surface area contributed by atoms with E-state index >= 15 is 0 Å². The van der Waals surface area contributed by atoms with Crippen molar-refractivity contribution in [1.82, 2.24) is 4.90 Å². The zero-order valence-corrected chi connectivity index (χ0v) is 10.7. The average Bonchev–Trinajstić information content (AvgIpc) is 2.20. The van der Waals surface area contributed by atoms with Gasteiger partial charge in [-0.15, -0.1) is 0 Å². The Labute approximate surface area is 97.3 Å². The molecule has 0 bridgehead atoms. The lowest BCUT2D eigenvalue weighted by Gasteiger charge is -2.48. The highest BCUT2D eigenvalue weighted by atomic mass is 16.4. The third kappa shape index (κ3) is 1.96. The van der Waals surface area contributed by atoms with E-state index < -0.39 is 17.0 Å². The highest BCUT2D eigenvalue weighted by molar-refractivity contribution is 5.76. The van der Waals surface area contributed by atoms with Gasteiger partial charge in [-0.2, -0.15) is 0 Å². The van der Waals surface area contributed by atoms with Crippen LogP contribution in [0.15, 0.2) is 0 Å². The summed E-state index contributed by atoms with van der Waals surface area (Å²) in [6, 6.07) is 0. The second-order valence-corrected chi connectivity index (χ2v) is 5.50. The molecule has 0 aromatic rings. The fraction of sp³-hybridized carbons (Fsp3) is 0.917. The number of aliphatic carboxylic acids is 1. The lowest BCUT2D eigenvalue weighted by molar-refractivity contribution is -0.182. The Morgan fingerprint density at radius 1 is 1.38 bits per heavy atom. The second-order valence-electron chi connectivity index (χ2n) is 5.50. The van der Waals surface area contributed by atoms with Crippen LogP contribution in [-0.2, 0) is 4.79 Å². The molecule has 1 rings (SSSR count). The van der Waals surface area contributed by atoms with E-state index in [1.165, 1.54) is 0 Å². The Balaban J connectivity index is 2.99. The van der Waals surface area contributed by atoms with Crippen LogP contribution in [0.3, 0.4) is 0 Å². The molecule has 0 aromatic heterocycles. The van der Waals surface area contributed by atoms with E-state index in [1.807, 2.05) is 20.9 Å². The Kier molecular flexibility index (Phi) is 3.65. The smallest absolute Gasteiger partial charge is 0.312 e. The van der Waals surface area contributed by atoms with E-state index in [2.05, 4.69) is 4.90 Å². The minimum atomic E-state index is -1.08. The van der Waals surface area contributed by atoms with Gasteiger partial charge in [-0.1, -0.05) is 13.8 Å². The third-order valence-corrected chi connectivity index (χ3v) is 4.38. The second kappa shape index (κ2) is 4.34. The Morgan fingerprint density at radius 2 is 1.81 bits per heavy atom. The number of piperidine rings is 1. The number of carboxylic acids is 1. The topological polar surface area (TPSA) is 60.8 Å². The number of hydrogen-bond donors (Lipinski definition) is 2. The zero-order valence-electron chi connectivity index (χ0n) is 10.7. The number of carboxylic acid groups (broad SMARTS) is 1. The van der Waals surface area contributed by atoms with Gasteiger partial charge in [0, 0.05) is 13.1 Å². The molecule has 0 radical (unpaired) electrons. The molecule has 1 aliphatic rings. The SMILES string of the molecule is CC(C)C(C)(C(=O)O)C1(O)CCN(C)CC1. The summed E-state index contributed by atoms with van der Waals surface area (Å²) in [7, 11) is 1.99. The molecule has 1 saturated heterocycles. The highest BCUT2D eigenvalue weighted by Crippen LogP contribution is 2.44. The van der Waals surface area contributed by atoms with E-state index in [0.29, 0.717) is 12.8 Å². The Hall–Kier alpha value is -0.610. The van der Waals surface area contributed by atoms with E-state index in [-0.39, 0.29) is 5.92 Å². The molecule has 1 atom stereocenters. The van der Waals surface area contributed by atoms with Gasteiger partial charge < -0.3 is 15.1 Å². The van der Waals surface area contributed by atoms with Crippen molar-refractivity contribution in [2.24, 2.45) is 11.3 Å². The van der Waals surface area contributed by atoms with Gasteiger partial charge in [0.15, 0.2) is 0 Å². The molecule has 1 aliphatic heterocycles. The van der Waals surface area contributed by atoms with Crippen molar-refractivity contribution in [3.8, 4) is 0 Å². The van der Waals surface area contributed by atoms with Crippen LogP contribution < -0.4 is 0 Å². The fourth-order valence-electron chi connectivity index (χ4n) is 2.49. The van der Waals surface area contributed by atoms with Crippen LogP contribution in [0.25, 0.3) is 0 Å². The van der Waals surface area contributed by atoms with Gasteiger partial charge in [0.2, 0.25) is 0 Å². The lowest BCUT2D eigenvalue weighted by Crippen LogP contribution is -2.58. The summed E-state index contributed by atoms with van der Waals surface area (Å²) in [5.41, 5.74) is -2.15. The van der Waals surface area contributed by atoms with Crippen molar-refractivity contribution in [3.05, 3.63) is 0 Å². The Morgan fingerprint density at radius 3 is 2.12 bits per heavy atom. The van der Waals surface area contributed by atoms with Gasteiger partial charge in [0.25, 0.3) is 0 Å². The average molecular weight is 229 g/mol. The van der Waals surface area contributed by atoms with Gasteiger partial charge in [0.05, 0.1) is 11.0 Å². The monoisotopic (exact) mass is 229 g/mol. The summed E-state index contributed by atoms with van der Waals surface area (Å²) in [6.45, 7) is 6.92. The molecule has 1 fully saturated rings. The first-order valence-electron chi connectivity index (χ1n) is 5.88. The zero-order chi connectivity index (χ0) is 12.6. The first-order valence-corrected chi connectivity index (χ1v) is 5.88. The first kappa shape index (κ1) is 13.5. The van der Waals surface area contributed by atoms with Crippen molar-refractivity contribution >= 4 is 5.97 Å². The predicted octanol–water partition coefficient (Wildman–Crippen LogP) is 1.19. The third-order valence-electron chi connectivity index (χ3n) is 4.38. The van der Waals surface area contributed by atoms with Crippen molar-refractivity contribution in [2.45, 2.75) is 39.2 Å². The number of likely N-dealkylation sites (tertiary alicyclic amines) is 1. The molecule has 1 unspecified atom stereocenters. The van der Waals surface area contributed by atoms with Crippen LogP contribution in [0, 0.1) is 11.3 Å². The molecule has 0 aromatic carbocycles. The van der Waals surface area contributed by atoms with Crippen LogP contribution >= 0.6 is 0 Å². The lowest BCUT2D eigenvalue weighted by atomic mass is 9.62. The van der Waals surface area contributed by atoms with Gasteiger partial charge in [-0.05, 0) is 32.7 Å². The van der Waals surface area contributed by atoms with Crippen molar-refractivity contribution in [1.29, 1.82) is 0 Å². The number of rotatable bonds is 3. The molecular formula is C12H23NO3. The van der Waals surface area contributed by atoms with Crippen LogP contribution in [0.2, 0.25) is 0 Å². The van der Waals surface area contributed by atoms with Gasteiger partial charge >= 0.3 is 5.97 Å². The first-order chi connectivity index (χ1) is 7.24. The van der Waals surface area contributed by atoms with E-state index in [0.717, 1.165) is 13.1 Å². The van der Waals surface area contributed by atoms with Crippen LogP contribution in [-0.4, -0.2) is 46.8 Å². The van der Waals surface area contributed by atoms with E-state index in [4.69, 9.17) is 0 Å². The number of aliphatic hydroxyl groups is 1. The Bertz CT molecular complexity index is 269. The predicted molar refractivity (Wildman–Crippen MR) is 62.3 cm³/mol. The number of hydrogen-bond acceptors (Lipinski definition) is 3. The maximum absolute atomic E-state index is 11.5. The summed E-state index contributed by atoms with van der Waals surface area (Å²) >= 11 is 0. The molecule has 0 spiro atoms. The van der Waals surface area contributed by atoms with Gasteiger partial charge in [0.1, 0.15) is 0 Å². The number of nitrogens with zero attached hydrogens (tertiary/aromatic N) is 1. The minimum Gasteiger partial charge on any atom is -0.481 e. The van der Waals surface area contributed by atoms with Crippen LogP contribution in [0.4, 0.5) is 0 Å². The quantitative estimate of drug-likeness (QED) is 0.763. The maximum atomic E-state index is 11.5. The van der Waals surface area contributed by atoms with Crippen LogP contribution in [0.1, 0.15) is 33.6 Å². The molecule has 0 aliphatic carbocycles.